The van der Waals surface area contributed by atoms with Crippen molar-refractivity contribution in [3.63, 3.8) is 0 Å². The summed E-state index contributed by atoms with van der Waals surface area (Å²) in [5.41, 5.74) is 0.747. The van der Waals surface area contributed by atoms with E-state index in [2.05, 4.69) is 5.32 Å². The minimum atomic E-state index is -0.595. The summed E-state index contributed by atoms with van der Waals surface area (Å²) in [6.07, 6.45) is 6.23. The Balaban J connectivity index is 2.01. The largest absolute Gasteiger partial charge is 0.452 e. The second-order valence-corrected chi connectivity index (χ2v) is 6.04. The molecule has 0 fully saturated rings. The van der Waals surface area contributed by atoms with Crippen LogP contribution in [0.5, 0.6) is 0 Å². The second kappa shape index (κ2) is 9.54. The smallest absolute Gasteiger partial charge is 0.331 e. The number of rotatable bonds is 7. The van der Waals surface area contributed by atoms with Gasteiger partial charge < -0.3 is 10.1 Å². The Kier molecular flexibility index (Phi) is 7.10. The van der Waals surface area contributed by atoms with Crippen LogP contribution in [0, 0.1) is 5.82 Å². The van der Waals surface area contributed by atoms with E-state index in [0.29, 0.717) is 0 Å². The van der Waals surface area contributed by atoms with E-state index in [1.165, 1.54) is 35.6 Å². The van der Waals surface area contributed by atoms with E-state index in [-0.39, 0.29) is 12.4 Å². The van der Waals surface area contributed by atoms with Gasteiger partial charge in [-0.25, -0.2) is 9.18 Å². The van der Waals surface area contributed by atoms with Gasteiger partial charge in [-0.15, -0.1) is 11.3 Å². The van der Waals surface area contributed by atoms with Crippen LogP contribution in [-0.4, -0.2) is 18.5 Å². The fourth-order valence-corrected chi connectivity index (χ4v) is 2.86. The second-order valence-electron chi connectivity index (χ2n) is 5.06. The van der Waals surface area contributed by atoms with Crippen LogP contribution in [0.1, 0.15) is 23.4 Å². The number of allylic oxidation sites excluding steroid dienone is 3. The number of thiophene rings is 1. The zero-order valence-electron chi connectivity index (χ0n) is 13.6. The van der Waals surface area contributed by atoms with Crippen LogP contribution in [0.4, 0.5) is 4.39 Å². The first-order chi connectivity index (χ1) is 12.1. The molecule has 6 heteroatoms. The number of hydrogen-bond acceptors (Lipinski definition) is 4. The van der Waals surface area contributed by atoms with Crippen LogP contribution in [0.25, 0.3) is 0 Å². The number of carbonyl (C=O) groups is 2. The van der Waals surface area contributed by atoms with E-state index in [1.54, 1.807) is 24.3 Å². The molecule has 1 amide bonds. The fraction of sp³-hybridized carbons (Fsp3) is 0.158. The maximum Gasteiger partial charge on any atom is 0.331 e. The van der Waals surface area contributed by atoms with E-state index >= 15 is 0 Å². The fourth-order valence-electron chi connectivity index (χ4n) is 2.06. The minimum Gasteiger partial charge on any atom is -0.452 e. The van der Waals surface area contributed by atoms with Gasteiger partial charge in [0.25, 0.3) is 5.91 Å². The van der Waals surface area contributed by atoms with Crippen molar-refractivity contribution in [2.45, 2.75) is 13.0 Å². The Morgan fingerprint density at radius 2 is 2.00 bits per heavy atom. The Labute approximate surface area is 149 Å². The highest BCUT2D eigenvalue weighted by atomic mass is 32.1. The number of halogens is 1. The monoisotopic (exact) mass is 359 g/mol. The molecule has 0 spiro atoms. The first-order valence-corrected chi connectivity index (χ1v) is 8.52. The molecular formula is C19H18FNO3S. The SMILES string of the molecule is C/C=C/C=C/C(=O)OCC(=O)N[C@H](c1ccc(F)cc1)c1cccs1. The highest BCUT2D eigenvalue weighted by Crippen LogP contribution is 2.26. The lowest BCUT2D eigenvalue weighted by atomic mass is 10.1. The standard InChI is InChI=1S/C19H18FNO3S/c1-2-3-4-7-18(23)24-13-17(22)21-19(16-6-5-12-25-16)14-8-10-15(20)11-9-14/h2-12,19H,13H2,1H3,(H,21,22)/b3-2+,7-4+/t19-/m1/s1. The molecule has 2 rings (SSSR count). The molecule has 1 N–H and O–H groups in total. The van der Waals surface area contributed by atoms with Gasteiger partial charge in [-0.05, 0) is 36.1 Å². The molecule has 0 aliphatic carbocycles. The zero-order chi connectivity index (χ0) is 18.1. The van der Waals surface area contributed by atoms with Crippen molar-refractivity contribution in [3.05, 3.63) is 82.3 Å². The lowest BCUT2D eigenvalue weighted by Gasteiger charge is -2.18. The van der Waals surface area contributed by atoms with Gasteiger partial charge in [0.15, 0.2) is 6.61 Å². The third kappa shape index (κ3) is 6.00. The number of amides is 1. The number of carbonyl (C=O) groups excluding carboxylic acids is 2. The lowest BCUT2D eigenvalue weighted by molar-refractivity contribution is -0.144. The van der Waals surface area contributed by atoms with Gasteiger partial charge in [0.05, 0.1) is 6.04 Å². The van der Waals surface area contributed by atoms with E-state index in [9.17, 15) is 14.0 Å². The first-order valence-electron chi connectivity index (χ1n) is 7.64. The molecule has 1 aromatic heterocycles. The molecule has 0 aliphatic heterocycles. The molecule has 0 unspecified atom stereocenters. The number of ether oxygens (including phenoxy) is 1. The summed E-state index contributed by atoms with van der Waals surface area (Å²) in [6, 6.07) is 9.24. The van der Waals surface area contributed by atoms with Crippen molar-refractivity contribution in [3.8, 4) is 0 Å². The number of benzene rings is 1. The van der Waals surface area contributed by atoms with Gasteiger partial charge in [0.1, 0.15) is 5.82 Å². The molecule has 0 aliphatic rings. The molecule has 130 valence electrons. The van der Waals surface area contributed by atoms with Crippen molar-refractivity contribution >= 4 is 23.2 Å². The van der Waals surface area contributed by atoms with Crippen LogP contribution >= 0.6 is 11.3 Å². The van der Waals surface area contributed by atoms with Crippen molar-refractivity contribution < 1.29 is 18.7 Å². The van der Waals surface area contributed by atoms with E-state index in [4.69, 9.17) is 4.74 Å². The average molecular weight is 359 g/mol. The van der Waals surface area contributed by atoms with Crippen molar-refractivity contribution in [1.29, 1.82) is 0 Å². The van der Waals surface area contributed by atoms with Gasteiger partial charge in [-0.2, -0.15) is 0 Å². The van der Waals surface area contributed by atoms with Gasteiger partial charge >= 0.3 is 5.97 Å². The summed E-state index contributed by atoms with van der Waals surface area (Å²) >= 11 is 1.48. The Hall–Kier alpha value is -2.73. The zero-order valence-corrected chi connectivity index (χ0v) is 14.5. The molecule has 4 nitrogen and oxygen atoms in total. The highest BCUT2D eigenvalue weighted by molar-refractivity contribution is 7.10. The summed E-state index contributed by atoms with van der Waals surface area (Å²) in [5.74, 6) is -1.37. The molecule has 0 radical (unpaired) electrons. The molecule has 2 aromatic rings. The molecule has 0 saturated carbocycles. The minimum absolute atomic E-state index is 0.346. The summed E-state index contributed by atoms with van der Waals surface area (Å²) < 4.78 is 18.0. The topological polar surface area (TPSA) is 55.4 Å². The average Bonchev–Trinajstić information content (AvgIpc) is 3.13. The maximum absolute atomic E-state index is 13.1. The number of nitrogens with one attached hydrogen (secondary N) is 1. The van der Waals surface area contributed by atoms with Crippen LogP contribution in [0.2, 0.25) is 0 Å². The Bertz CT molecular complexity index is 751. The molecule has 0 saturated heterocycles. The summed E-state index contributed by atoms with van der Waals surface area (Å²) in [6.45, 7) is 1.44. The van der Waals surface area contributed by atoms with Gasteiger partial charge in [0, 0.05) is 11.0 Å². The molecule has 25 heavy (non-hydrogen) atoms. The van der Waals surface area contributed by atoms with E-state index in [1.807, 2.05) is 24.4 Å². The third-order valence-corrected chi connectivity index (χ3v) is 4.15. The van der Waals surface area contributed by atoms with E-state index in [0.717, 1.165) is 10.4 Å². The van der Waals surface area contributed by atoms with Crippen LogP contribution < -0.4 is 5.32 Å². The first kappa shape index (κ1) is 18.6. The van der Waals surface area contributed by atoms with Crippen LogP contribution in [0.3, 0.4) is 0 Å². The Morgan fingerprint density at radius 3 is 2.64 bits per heavy atom. The Morgan fingerprint density at radius 1 is 1.24 bits per heavy atom. The number of esters is 1. The van der Waals surface area contributed by atoms with Gasteiger partial charge in [-0.3, -0.25) is 4.79 Å². The van der Waals surface area contributed by atoms with Crippen LogP contribution in [-0.2, 0) is 14.3 Å². The molecule has 1 aromatic carbocycles. The predicted octanol–water partition coefficient (Wildman–Crippen LogP) is 3.77. The number of hydrogen-bond donors (Lipinski definition) is 1. The normalized spacial score (nSPS) is 12.4. The molecule has 0 bridgehead atoms. The van der Waals surface area contributed by atoms with Crippen molar-refractivity contribution in [2.75, 3.05) is 6.61 Å². The van der Waals surface area contributed by atoms with Crippen LogP contribution in [0.15, 0.2) is 66.1 Å². The molecular weight excluding hydrogens is 341 g/mol. The predicted molar refractivity (Wildman–Crippen MR) is 95.6 cm³/mol. The highest BCUT2D eigenvalue weighted by Gasteiger charge is 2.18. The lowest BCUT2D eigenvalue weighted by Crippen LogP contribution is -2.32. The summed E-state index contributed by atoms with van der Waals surface area (Å²) in [5, 5.41) is 4.70. The molecule has 1 atom stereocenters. The van der Waals surface area contributed by atoms with E-state index < -0.39 is 17.9 Å². The van der Waals surface area contributed by atoms with Gasteiger partial charge in [-0.1, -0.05) is 36.4 Å². The van der Waals surface area contributed by atoms with Crippen molar-refractivity contribution in [2.24, 2.45) is 0 Å². The maximum atomic E-state index is 13.1. The van der Waals surface area contributed by atoms with Gasteiger partial charge in [0.2, 0.25) is 0 Å². The molecule has 1 heterocycles. The summed E-state index contributed by atoms with van der Waals surface area (Å²) in [7, 11) is 0. The third-order valence-electron chi connectivity index (χ3n) is 3.22. The van der Waals surface area contributed by atoms with Crippen molar-refractivity contribution in [1.82, 2.24) is 5.32 Å². The summed E-state index contributed by atoms with van der Waals surface area (Å²) in [4.78, 5) is 24.5. The quantitative estimate of drug-likeness (QED) is 0.465.